The van der Waals surface area contributed by atoms with Gasteiger partial charge in [0.1, 0.15) is 0 Å². The van der Waals surface area contributed by atoms with Crippen molar-refractivity contribution in [2.24, 2.45) is 17.5 Å². The first-order chi connectivity index (χ1) is 12.4. The number of aryl methyl sites for hydroxylation is 1. The van der Waals surface area contributed by atoms with Crippen LogP contribution in [0.2, 0.25) is 0 Å². The molecule has 0 aliphatic heterocycles. The summed E-state index contributed by atoms with van der Waals surface area (Å²) in [6, 6.07) is 1.59. The van der Waals surface area contributed by atoms with Gasteiger partial charge in [0, 0.05) is 45.6 Å². The Bertz CT molecular complexity index is 690. The maximum absolute atomic E-state index is 12.2. The Morgan fingerprint density at radius 3 is 2.54 bits per heavy atom. The summed E-state index contributed by atoms with van der Waals surface area (Å²) >= 11 is 0. The van der Waals surface area contributed by atoms with Crippen molar-refractivity contribution in [1.82, 2.24) is 19.9 Å². The molecule has 0 unspecified atom stereocenters. The van der Waals surface area contributed by atoms with E-state index in [1.165, 1.54) is 25.7 Å². The molecule has 3 N–H and O–H groups in total. The minimum Gasteiger partial charge on any atom is -0.357 e. The van der Waals surface area contributed by atoms with Crippen LogP contribution >= 0.6 is 0 Å². The summed E-state index contributed by atoms with van der Waals surface area (Å²) in [4.78, 5) is 5.03. The van der Waals surface area contributed by atoms with Gasteiger partial charge in [-0.2, -0.15) is 0 Å². The van der Waals surface area contributed by atoms with E-state index >= 15 is 0 Å². The van der Waals surface area contributed by atoms with E-state index in [1.807, 2.05) is 6.92 Å². The van der Waals surface area contributed by atoms with Gasteiger partial charge in [-0.05, 0) is 37.7 Å². The number of aliphatic imine (C=N–C) groups is 1. The van der Waals surface area contributed by atoms with Crippen LogP contribution in [-0.2, 0) is 17.1 Å². The smallest absolute Gasteiger partial charge is 0.242 e. The van der Waals surface area contributed by atoms with E-state index in [-0.39, 0.29) is 4.90 Å². The van der Waals surface area contributed by atoms with E-state index in [9.17, 15) is 8.42 Å². The van der Waals surface area contributed by atoms with Crippen molar-refractivity contribution in [3.05, 3.63) is 18.5 Å². The SMILES string of the molecule is CCNC(=NCC1(CC)CCCC1)NCCNS(=O)(=O)c1ccn(C)c1. The Morgan fingerprint density at radius 2 is 1.96 bits per heavy atom. The molecule has 1 fully saturated rings. The number of nitrogens with zero attached hydrogens (tertiary/aromatic N) is 2. The molecular formula is C18H33N5O2S. The number of sulfonamides is 1. The largest absolute Gasteiger partial charge is 0.357 e. The highest BCUT2D eigenvalue weighted by Crippen LogP contribution is 2.41. The van der Waals surface area contributed by atoms with E-state index in [0.29, 0.717) is 18.5 Å². The van der Waals surface area contributed by atoms with Gasteiger partial charge in [-0.15, -0.1) is 0 Å². The van der Waals surface area contributed by atoms with Crippen molar-refractivity contribution in [1.29, 1.82) is 0 Å². The van der Waals surface area contributed by atoms with Crippen LogP contribution in [-0.4, -0.2) is 45.1 Å². The summed E-state index contributed by atoms with van der Waals surface area (Å²) in [6.45, 7) is 6.67. The lowest BCUT2D eigenvalue weighted by atomic mass is 9.84. The Morgan fingerprint density at radius 1 is 1.23 bits per heavy atom. The third kappa shape index (κ3) is 5.74. The van der Waals surface area contributed by atoms with E-state index < -0.39 is 10.0 Å². The summed E-state index contributed by atoms with van der Waals surface area (Å²) in [5, 5.41) is 6.46. The van der Waals surface area contributed by atoms with Crippen molar-refractivity contribution >= 4 is 16.0 Å². The van der Waals surface area contributed by atoms with Crippen LogP contribution in [0.4, 0.5) is 0 Å². The molecule has 1 aliphatic rings. The van der Waals surface area contributed by atoms with Crippen molar-refractivity contribution in [3.8, 4) is 0 Å². The minimum atomic E-state index is -3.46. The molecule has 0 amide bonds. The molecular weight excluding hydrogens is 350 g/mol. The molecule has 0 radical (unpaired) electrons. The third-order valence-electron chi connectivity index (χ3n) is 5.16. The normalized spacial score (nSPS) is 17.4. The van der Waals surface area contributed by atoms with Gasteiger partial charge in [0.2, 0.25) is 10.0 Å². The molecule has 148 valence electrons. The summed E-state index contributed by atoms with van der Waals surface area (Å²) in [6.07, 6.45) is 9.57. The fraction of sp³-hybridized carbons (Fsp3) is 0.722. The highest BCUT2D eigenvalue weighted by atomic mass is 32.2. The molecule has 26 heavy (non-hydrogen) atoms. The van der Waals surface area contributed by atoms with Gasteiger partial charge >= 0.3 is 0 Å². The van der Waals surface area contributed by atoms with E-state index in [0.717, 1.165) is 25.5 Å². The van der Waals surface area contributed by atoms with Crippen molar-refractivity contribution in [3.63, 3.8) is 0 Å². The number of aromatic nitrogens is 1. The number of guanidine groups is 1. The lowest BCUT2D eigenvalue weighted by Crippen LogP contribution is -2.42. The summed E-state index contributed by atoms with van der Waals surface area (Å²) in [7, 11) is -1.66. The van der Waals surface area contributed by atoms with Crippen LogP contribution in [0.3, 0.4) is 0 Å². The number of hydrogen-bond donors (Lipinski definition) is 3. The average Bonchev–Trinajstić information content (AvgIpc) is 3.26. The molecule has 8 heteroatoms. The summed E-state index contributed by atoms with van der Waals surface area (Å²) in [5.41, 5.74) is 0.344. The molecule has 2 rings (SSSR count). The van der Waals surface area contributed by atoms with Crippen LogP contribution in [0.5, 0.6) is 0 Å². The third-order valence-corrected chi connectivity index (χ3v) is 6.60. The first-order valence-corrected chi connectivity index (χ1v) is 11.0. The van der Waals surface area contributed by atoms with Gasteiger partial charge < -0.3 is 15.2 Å². The summed E-state index contributed by atoms with van der Waals surface area (Å²) < 4.78 is 28.7. The van der Waals surface area contributed by atoms with Crippen LogP contribution in [0.25, 0.3) is 0 Å². The van der Waals surface area contributed by atoms with E-state index in [1.54, 1.807) is 30.1 Å². The Hall–Kier alpha value is -1.54. The van der Waals surface area contributed by atoms with Crippen LogP contribution in [0, 0.1) is 5.41 Å². The monoisotopic (exact) mass is 383 g/mol. The molecule has 0 spiro atoms. The molecule has 1 aromatic rings. The lowest BCUT2D eigenvalue weighted by molar-refractivity contribution is 0.297. The van der Waals surface area contributed by atoms with E-state index in [2.05, 4.69) is 22.3 Å². The number of hydrogen-bond acceptors (Lipinski definition) is 3. The zero-order chi connectivity index (χ0) is 19.0. The predicted molar refractivity (Wildman–Crippen MR) is 106 cm³/mol. The number of nitrogens with one attached hydrogen (secondary N) is 3. The molecule has 0 aromatic carbocycles. The molecule has 7 nitrogen and oxygen atoms in total. The lowest BCUT2D eigenvalue weighted by Gasteiger charge is -2.25. The second-order valence-electron chi connectivity index (χ2n) is 7.09. The first kappa shape index (κ1) is 20.8. The standard InChI is InChI=1S/C18H33N5O2S/c1-4-18(9-6-7-10-18)15-21-17(19-5-2)20-11-12-22-26(24,25)16-8-13-23(3)14-16/h8,13-14,22H,4-7,9-12,15H2,1-3H3,(H2,19,20,21). The first-order valence-electron chi connectivity index (χ1n) is 9.54. The van der Waals surface area contributed by atoms with Crippen molar-refractivity contribution < 1.29 is 8.42 Å². The van der Waals surface area contributed by atoms with Crippen molar-refractivity contribution in [2.45, 2.75) is 50.8 Å². The zero-order valence-corrected chi connectivity index (χ0v) is 17.0. The molecule has 0 saturated heterocycles. The Labute approximate surface area is 157 Å². The van der Waals surface area contributed by atoms with Gasteiger partial charge in [0.05, 0.1) is 4.90 Å². The fourth-order valence-electron chi connectivity index (χ4n) is 3.42. The van der Waals surface area contributed by atoms with Crippen molar-refractivity contribution in [2.75, 3.05) is 26.2 Å². The van der Waals surface area contributed by atoms with Gasteiger partial charge in [-0.3, -0.25) is 4.99 Å². The van der Waals surface area contributed by atoms with E-state index in [4.69, 9.17) is 4.99 Å². The average molecular weight is 384 g/mol. The van der Waals surface area contributed by atoms with Crippen LogP contribution in [0.15, 0.2) is 28.3 Å². The highest BCUT2D eigenvalue weighted by Gasteiger charge is 2.31. The molecule has 0 bridgehead atoms. The van der Waals surface area contributed by atoms with Crippen LogP contribution in [0.1, 0.15) is 46.0 Å². The quantitative estimate of drug-likeness (QED) is 0.345. The molecule has 0 atom stereocenters. The number of rotatable bonds is 9. The fourth-order valence-corrected chi connectivity index (χ4v) is 4.51. The van der Waals surface area contributed by atoms with Gasteiger partial charge in [-0.1, -0.05) is 19.8 Å². The Balaban J connectivity index is 1.83. The predicted octanol–water partition coefficient (Wildman–Crippen LogP) is 1.83. The van der Waals surface area contributed by atoms with Gasteiger partial charge in [0.25, 0.3) is 0 Å². The second-order valence-corrected chi connectivity index (χ2v) is 8.86. The second kappa shape index (κ2) is 9.41. The van der Waals surface area contributed by atoms with Gasteiger partial charge in [-0.25, -0.2) is 13.1 Å². The molecule has 1 saturated carbocycles. The summed E-state index contributed by atoms with van der Waals surface area (Å²) in [5.74, 6) is 0.756. The maximum atomic E-state index is 12.2. The molecule has 1 aromatic heterocycles. The van der Waals surface area contributed by atoms with Crippen LogP contribution < -0.4 is 15.4 Å². The zero-order valence-electron chi connectivity index (χ0n) is 16.2. The Kier molecular flexibility index (Phi) is 7.52. The topological polar surface area (TPSA) is 87.5 Å². The van der Waals surface area contributed by atoms with Gasteiger partial charge in [0.15, 0.2) is 5.96 Å². The maximum Gasteiger partial charge on any atom is 0.242 e. The molecule has 1 aliphatic carbocycles. The highest BCUT2D eigenvalue weighted by molar-refractivity contribution is 7.89. The minimum absolute atomic E-state index is 0.284. The molecule has 1 heterocycles.